The van der Waals surface area contributed by atoms with Gasteiger partial charge in [-0.2, -0.15) is 0 Å². The Kier molecular flexibility index (Phi) is 7.81. The van der Waals surface area contributed by atoms with Gasteiger partial charge in [-0.05, 0) is 57.1 Å². The van der Waals surface area contributed by atoms with Crippen molar-refractivity contribution in [3.8, 4) is 0 Å². The Morgan fingerprint density at radius 2 is 1.88 bits per heavy atom. The minimum absolute atomic E-state index is 0.123. The summed E-state index contributed by atoms with van der Waals surface area (Å²) >= 11 is 3.04. The Morgan fingerprint density at radius 3 is 2.44 bits per heavy atom. The van der Waals surface area contributed by atoms with Crippen molar-refractivity contribution in [2.75, 3.05) is 17.8 Å². The zero-order valence-electron chi connectivity index (χ0n) is 15.6. The lowest BCUT2D eigenvalue weighted by atomic mass is 9.78. The van der Waals surface area contributed by atoms with Crippen LogP contribution in [-0.2, 0) is 9.59 Å². The molecule has 1 N–H and O–H groups in total. The number of hydrogen-bond donors (Lipinski definition) is 1. The van der Waals surface area contributed by atoms with Crippen LogP contribution in [0.25, 0.3) is 0 Å². The van der Waals surface area contributed by atoms with Crippen LogP contribution in [0.1, 0.15) is 51.1 Å². The number of aryl methyl sites for hydroxylation is 1. The van der Waals surface area contributed by atoms with Crippen molar-refractivity contribution in [2.24, 2.45) is 11.8 Å². The average Bonchev–Trinajstić information content (AvgIpc) is 2.62. The van der Waals surface area contributed by atoms with Crippen molar-refractivity contribution in [2.45, 2.75) is 62.3 Å². The van der Waals surface area contributed by atoms with Gasteiger partial charge in [-0.15, -0.1) is 23.5 Å². The first-order valence-corrected chi connectivity index (χ1v) is 11.4. The maximum Gasteiger partial charge on any atom is 0.292 e. The number of carbonyl (C=O) groups excluding carboxylic acids is 2. The number of ketones is 1. The summed E-state index contributed by atoms with van der Waals surface area (Å²) in [6.45, 7) is 4.14. The number of nitrogens with zero attached hydrogens (tertiary/aromatic N) is 1. The smallest absolute Gasteiger partial charge is 0.292 e. The molecule has 0 radical (unpaired) electrons. The minimum atomic E-state index is -0.491. The molecule has 1 heterocycles. The maximum atomic E-state index is 12.6. The summed E-state index contributed by atoms with van der Waals surface area (Å²) in [5.41, 5.74) is 1.58. The summed E-state index contributed by atoms with van der Waals surface area (Å²) in [4.78, 5) is 30.5. The minimum Gasteiger partial charge on any atom is -0.316 e. The van der Waals surface area contributed by atoms with Crippen LogP contribution in [0.3, 0.4) is 0 Å². The van der Waals surface area contributed by atoms with Gasteiger partial charge in [0.05, 0.1) is 5.69 Å². The van der Waals surface area contributed by atoms with E-state index in [0.717, 1.165) is 47.2 Å². The Morgan fingerprint density at radius 1 is 1.20 bits per heavy atom. The lowest BCUT2D eigenvalue weighted by Gasteiger charge is -2.27. The number of pyridine rings is 1. The summed E-state index contributed by atoms with van der Waals surface area (Å²) < 4.78 is 0. The number of Topliss-reactive ketones (excluding diaryl/α,β-unsaturated/α-hetero) is 1. The van der Waals surface area contributed by atoms with Crippen LogP contribution >= 0.6 is 23.5 Å². The van der Waals surface area contributed by atoms with Gasteiger partial charge < -0.3 is 5.32 Å². The highest BCUT2D eigenvalue weighted by atomic mass is 32.2. The maximum absolute atomic E-state index is 12.6. The zero-order chi connectivity index (χ0) is 18.4. The number of carbonyl (C=O) groups is 2. The van der Waals surface area contributed by atoms with Crippen LogP contribution in [0.2, 0.25) is 0 Å². The predicted octanol–water partition coefficient (Wildman–Crippen LogP) is 4.95. The standard InChI is InChI=1S/C19H28N2O2S2/c1-5-6-13-7-9-14(10-8-13)17(22)18(23)21-16-15(24-3)11-12(2)20-19(16)25-4/h11,13-14H,5-10H2,1-4H3,(H,21,23). The molecular weight excluding hydrogens is 352 g/mol. The molecule has 0 unspecified atom stereocenters. The first-order chi connectivity index (χ1) is 12.0. The second kappa shape index (κ2) is 9.62. The average molecular weight is 381 g/mol. The van der Waals surface area contributed by atoms with Gasteiger partial charge in [0.1, 0.15) is 5.03 Å². The van der Waals surface area contributed by atoms with Crippen LogP contribution in [0.5, 0.6) is 0 Å². The van der Waals surface area contributed by atoms with E-state index in [0.29, 0.717) is 5.69 Å². The van der Waals surface area contributed by atoms with Gasteiger partial charge in [0, 0.05) is 16.5 Å². The normalized spacial score (nSPS) is 20.3. The third kappa shape index (κ3) is 5.23. The molecule has 2 rings (SSSR count). The van der Waals surface area contributed by atoms with Crippen molar-refractivity contribution in [3.63, 3.8) is 0 Å². The van der Waals surface area contributed by atoms with Gasteiger partial charge >= 0.3 is 0 Å². The second-order valence-electron chi connectivity index (χ2n) is 6.67. The molecule has 0 atom stereocenters. The Balaban J connectivity index is 2.06. The molecule has 1 aromatic heterocycles. The molecule has 0 aliphatic heterocycles. The molecule has 1 fully saturated rings. The molecule has 1 saturated carbocycles. The van der Waals surface area contributed by atoms with E-state index in [9.17, 15) is 9.59 Å². The third-order valence-electron chi connectivity index (χ3n) is 4.87. The topological polar surface area (TPSA) is 59.1 Å². The lowest BCUT2D eigenvalue weighted by molar-refractivity contribution is -0.138. The van der Waals surface area contributed by atoms with Gasteiger partial charge in [-0.3, -0.25) is 9.59 Å². The zero-order valence-corrected chi connectivity index (χ0v) is 17.2. The molecule has 6 heteroatoms. The number of rotatable bonds is 7. The SMILES string of the molecule is CCCC1CCC(C(=O)C(=O)Nc2c(SC)cc(C)nc2SC)CC1. The van der Waals surface area contributed by atoms with E-state index >= 15 is 0 Å². The fourth-order valence-corrected chi connectivity index (χ4v) is 4.83. The number of aromatic nitrogens is 1. The number of nitrogens with one attached hydrogen (secondary N) is 1. The van der Waals surface area contributed by atoms with Gasteiger partial charge in [-0.25, -0.2) is 4.98 Å². The van der Waals surface area contributed by atoms with E-state index in [-0.39, 0.29) is 11.7 Å². The van der Waals surface area contributed by atoms with E-state index in [1.807, 2.05) is 25.5 Å². The number of amides is 1. The molecule has 0 aromatic carbocycles. The summed E-state index contributed by atoms with van der Waals surface area (Å²) in [5, 5.41) is 3.61. The molecule has 1 aliphatic carbocycles. The fourth-order valence-electron chi connectivity index (χ4n) is 3.52. The van der Waals surface area contributed by atoms with Crippen LogP contribution in [0, 0.1) is 18.8 Å². The summed E-state index contributed by atoms with van der Waals surface area (Å²) in [6, 6.07) is 1.94. The van der Waals surface area contributed by atoms with E-state index in [2.05, 4.69) is 17.2 Å². The Labute approximate surface area is 159 Å². The van der Waals surface area contributed by atoms with Crippen LogP contribution < -0.4 is 5.32 Å². The van der Waals surface area contributed by atoms with E-state index < -0.39 is 5.91 Å². The van der Waals surface area contributed by atoms with Crippen molar-refractivity contribution in [1.82, 2.24) is 4.98 Å². The number of anilines is 1. The van der Waals surface area contributed by atoms with Gasteiger partial charge in [0.2, 0.25) is 5.78 Å². The molecule has 1 aromatic rings. The van der Waals surface area contributed by atoms with Crippen LogP contribution in [0.4, 0.5) is 5.69 Å². The van der Waals surface area contributed by atoms with E-state index in [4.69, 9.17) is 0 Å². The van der Waals surface area contributed by atoms with Crippen LogP contribution in [-0.4, -0.2) is 29.2 Å². The molecule has 4 nitrogen and oxygen atoms in total. The second-order valence-corrected chi connectivity index (χ2v) is 8.32. The first kappa shape index (κ1) is 20.3. The third-order valence-corrected chi connectivity index (χ3v) is 6.31. The van der Waals surface area contributed by atoms with Crippen LogP contribution in [0.15, 0.2) is 16.0 Å². The molecule has 0 bridgehead atoms. The van der Waals surface area contributed by atoms with Crippen molar-refractivity contribution < 1.29 is 9.59 Å². The number of hydrogen-bond acceptors (Lipinski definition) is 5. The highest BCUT2D eigenvalue weighted by Crippen LogP contribution is 2.35. The van der Waals surface area contributed by atoms with Gasteiger partial charge in [-0.1, -0.05) is 19.8 Å². The van der Waals surface area contributed by atoms with Crippen molar-refractivity contribution in [1.29, 1.82) is 0 Å². The monoisotopic (exact) mass is 380 g/mol. The largest absolute Gasteiger partial charge is 0.316 e. The molecule has 1 amide bonds. The van der Waals surface area contributed by atoms with Crippen molar-refractivity contribution in [3.05, 3.63) is 11.8 Å². The van der Waals surface area contributed by atoms with Gasteiger partial charge in [0.25, 0.3) is 5.91 Å². The van der Waals surface area contributed by atoms with E-state index in [1.165, 1.54) is 24.6 Å². The Bertz CT molecular complexity index is 601. The molecule has 1 aliphatic rings. The predicted molar refractivity (Wildman–Crippen MR) is 107 cm³/mol. The first-order valence-electron chi connectivity index (χ1n) is 8.94. The molecule has 138 valence electrons. The van der Waals surface area contributed by atoms with Gasteiger partial charge in [0.15, 0.2) is 0 Å². The molecule has 25 heavy (non-hydrogen) atoms. The quantitative estimate of drug-likeness (QED) is 0.536. The Hall–Kier alpha value is -1.01. The fraction of sp³-hybridized carbons (Fsp3) is 0.632. The molecule has 0 saturated heterocycles. The molecule has 0 spiro atoms. The highest BCUT2D eigenvalue weighted by Gasteiger charge is 2.30. The van der Waals surface area contributed by atoms with Crippen molar-refractivity contribution >= 4 is 40.9 Å². The number of thioether (sulfide) groups is 2. The molecular formula is C19H28N2O2S2. The summed E-state index contributed by atoms with van der Waals surface area (Å²) in [5.74, 6) is -0.156. The van der Waals surface area contributed by atoms with E-state index in [1.54, 1.807) is 11.8 Å². The lowest BCUT2D eigenvalue weighted by Crippen LogP contribution is -2.32. The summed E-state index contributed by atoms with van der Waals surface area (Å²) in [7, 11) is 0. The highest BCUT2D eigenvalue weighted by molar-refractivity contribution is 7.99. The summed E-state index contributed by atoms with van der Waals surface area (Å²) in [6.07, 6.45) is 10.1.